The van der Waals surface area contributed by atoms with Gasteiger partial charge in [0.2, 0.25) is 0 Å². The number of aldehydes is 1. The minimum Gasteiger partial charge on any atom is -0.493 e. The monoisotopic (exact) mass is 287 g/mol. The van der Waals surface area contributed by atoms with Crippen molar-refractivity contribution in [2.24, 2.45) is 0 Å². The molecule has 0 saturated carbocycles. The molecule has 0 atom stereocenters. The van der Waals surface area contributed by atoms with Crippen molar-refractivity contribution in [1.29, 1.82) is 0 Å². The SMILES string of the molecule is COc1ccc(C=O)cc1OCc1nnc2n1CCCC2. The van der Waals surface area contributed by atoms with E-state index in [1.807, 2.05) is 0 Å². The van der Waals surface area contributed by atoms with Gasteiger partial charge in [0.1, 0.15) is 18.7 Å². The number of benzene rings is 1. The highest BCUT2D eigenvalue weighted by atomic mass is 16.5. The van der Waals surface area contributed by atoms with Gasteiger partial charge in [-0.3, -0.25) is 4.79 Å². The highest BCUT2D eigenvalue weighted by Gasteiger charge is 2.16. The lowest BCUT2D eigenvalue weighted by Crippen LogP contribution is -2.14. The van der Waals surface area contributed by atoms with Crippen LogP contribution in [0.5, 0.6) is 11.5 Å². The molecule has 6 heteroatoms. The van der Waals surface area contributed by atoms with Crippen molar-refractivity contribution in [3.05, 3.63) is 35.4 Å². The highest BCUT2D eigenvalue weighted by molar-refractivity contribution is 5.76. The Kier molecular flexibility index (Phi) is 3.85. The van der Waals surface area contributed by atoms with Crippen molar-refractivity contribution in [1.82, 2.24) is 14.8 Å². The predicted octanol–water partition coefficient (Wildman–Crippen LogP) is 2.01. The first-order valence-electron chi connectivity index (χ1n) is 6.99. The number of aryl methyl sites for hydroxylation is 1. The third kappa shape index (κ3) is 2.74. The average Bonchev–Trinajstić information content (AvgIpc) is 2.96. The summed E-state index contributed by atoms with van der Waals surface area (Å²) in [7, 11) is 1.57. The Balaban J connectivity index is 1.78. The molecule has 1 aromatic heterocycles. The van der Waals surface area contributed by atoms with E-state index < -0.39 is 0 Å². The maximum absolute atomic E-state index is 10.9. The maximum atomic E-state index is 10.9. The van der Waals surface area contributed by atoms with Crippen LogP contribution in [0, 0.1) is 0 Å². The second-order valence-corrected chi connectivity index (χ2v) is 4.96. The summed E-state index contributed by atoms with van der Waals surface area (Å²) >= 11 is 0. The molecular formula is C15H17N3O3. The normalized spacial score (nSPS) is 13.6. The second-order valence-electron chi connectivity index (χ2n) is 4.96. The summed E-state index contributed by atoms with van der Waals surface area (Å²) in [5.74, 6) is 2.96. The number of methoxy groups -OCH3 is 1. The van der Waals surface area contributed by atoms with Crippen molar-refractivity contribution in [3.63, 3.8) is 0 Å². The molecule has 1 aliphatic rings. The van der Waals surface area contributed by atoms with E-state index in [0.29, 0.717) is 23.7 Å². The van der Waals surface area contributed by atoms with E-state index in [0.717, 1.165) is 43.7 Å². The molecule has 2 aromatic rings. The van der Waals surface area contributed by atoms with Gasteiger partial charge in [-0.2, -0.15) is 0 Å². The molecule has 0 aliphatic carbocycles. The molecular weight excluding hydrogens is 270 g/mol. The van der Waals surface area contributed by atoms with Gasteiger partial charge in [0.15, 0.2) is 17.3 Å². The first-order chi connectivity index (χ1) is 10.3. The van der Waals surface area contributed by atoms with Crippen LogP contribution in [0.2, 0.25) is 0 Å². The smallest absolute Gasteiger partial charge is 0.171 e. The molecule has 2 heterocycles. The Labute approximate surface area is 122 Å². The summed E-state index contributed by atoms with van der Waals surface area (Å²) in [6.07, 6.45) is 4.05. The van der Waals surface area contributed by atoms with Gasteiger partial charge in [0, 0.05) is 18.5 Å². The lowest BCUT2D eigenvalue weighted by Gasteiger charge is -2.15. The summed E-state index contributed by atoms with van der Waals surface area (Å²) in [6.45, 7) is 1.25. The van der Waals surface area contributed by atoms with E-state index in [-0.39, 0.29) is 0 Å². The molecule has 0 bridgehead atoms. The van der Waals surface area contributed by atoms with Crippen molar-refractivity contribution in [2.45, 2.75) is 32.4 Å². The zero-order valence-corrected chi connectivity index (χ0v) is 11.9. The minimum absolute atomic E-state index is 0.311. The number of aromatic nitrogens is 3. The summed E-state index contributed by atoms with van der Waals surface area (Å²) in [4.78, 5) is 10.9. The van der Waals surface area contributed by atoms with Crippen LogP contribution in [0.3, 0.4) is 0 Å². The quantitative estimate of drug-likeness (QED) is 0.787. The van der Waals surface area contributed by atoms with E-state index in [1.165, 1.54) is 0 Å². The fourth-order valence-corrected chi connectivity index (χ4v) is 2.50. The molecule has 0 amide bonds. The summed E-state index contributed by atoms with van der Waals surface area (Å²) < 4.78 is 13.1. The van der Waals surface area contributed by atoms with E-state index >= 15 is 0 Å². The van der Waals surface area contributed by atoms with Gasteiger partial charge in [-0.25, -0.2) is 0 Å². The highest BCUT2D eigenvalue weighted by Crippen LogP contribution is 2.28. The van der Waals surface area contributed by atoms with Crippen LogP contribution in [-0.2, 0) is 19.6 Å². The van der Waals surface area contributed by atoms with E-state index in [9.17, 15) is 4.79 Å². The lowest BCUT2D eigenvalue weighted by molar-refractivity contribution is 0.112. The van der Waals surface area contributed by atoms with E-state index in [1.54, 1.807) is 25.3 Å². The predicted molar refractivity (Wildman–Crippen MR) is 75.7 cm³/mol. The molecule has 1 aromatic carbocycles. The number of carbonyl (C=O) groups excluding carboxylic acids is 1. The molecule has 0 unspecified atom stereocenters. The molecule has 0 spiro atoms. The number of rotatable bonds is 5. The largest absolute Gasteiger partial charge is 0.493 e. The third-order valence-electron chi connectivity index (χ3n) is 3.62. The van der Waals surface area contributed by atoms with Gasteiger partial charge < -0.3 is 14.0 Å². The minimum atomic E-state index is 0.311. The van der Waals surface area contributed by atoms with Crippen molar-refractivity contribution >= 4 is 6.29 Å². The van der Waals surface area contributed by atoms with Gasteiger partial charge in [-0.05, 0) is 31.0 Å². The fraction of sp³-hybridized carbons (Fsp3) is 0.400. The molecule has 6 nitrogen and oxygen atoms in total. The van der Waals surface area contributed by atoms with Crippen molar-refractivity contribution in [3.8, 4) is 11.5 Å². The molecule has 1 aliphatic heterocycles. The Hall–Kier alpha value is -2.37. The zero-order chi connectivity index (χ0) is 14.7. The number of hydrogen-bond donors (Lipinski definition) is 0. The van der Waals surface area contributed by atoms with Gasteiger partial charge in [-0.15, -0.1) is 10.2 Å². The van der Waals surface area contributed by atoms with Gasteiger partial charge in [0.25, 0.3) is 0 Å². The zero-order valence-electron chi connectivity index (χ0n) is 11.9. The van der Waals surface area contributed by atoms with Crippen LogP contribution in [0.4, 0.5) is 0 Å². The maximum Gasteiger partial charge on any atom is 0.171 e. The van der Waals surface area contributed by atoms with Crippen LogP contribution in [0.25, 0.3) is 0 Å². The van der Waals surface area contributed by atoms with Gasteiger partial charge in [0.05, 0.1) is 7.11 Å². The molecule has 21 heavy (non-hydrogen) atoms. The first kappa shape index (κ1) is 13.6. The van der Waals surface area contributed by atoms with Gasteiger partial charge in [-0.1, -0.05) is 0 Å². The van der Waals surface area contributed by atoms with Crippen LogP contribution in [0.1, 0.15) is 34.8 Å². The molecule has 0 fully saturated rings. The third-order valence-corrected chi connectivity index (χ3v) is 3.62. The Morgan fingerprint density at radius 1 is 1.29 bits per heavy atom. The molecule has 0 radical (unpaired) electrons. The molecule has 0 N–H and O–H groups in total. The number of ether oxygens (including phenoxy) is 2. The van der Waals surface area contributed by atoms with Crippen LogP contribution < -0.4 is 9.47 Å². The molecule has 110 valence electrons. The van der Waals surface area contributed by atoms with E-state index in [2.05, 4.69) is 14.8 Å². The Morgan fingerprint density at radius 2 is 2.19 bits per heavy atom. The Morgan fingerprint density at radius 3 is 3.00 bits per heavy atom. The Bertz CT molecular complexity index is 652. The average molecular weight is 287 g/mol. The summed E-state index contributed by atoms with van der Waals surface area (Å²) in [5, 5.41) is 8.38. The lowest BCUT2D eigenvalue weighted by atomic mass is 10.2. The summed E-state index contributed by atoms with van der Waals surface area (Å²) in [5.41, 5.74) is 0.550. The summed E-state index contributed by atoms with van der Waals surface area (Å²) in [6, 6.07) is 5.08. The van der Waals surface area contributed by atoms with Crippen LogP contribution in [0.15, 0.2) is 18.2 Å². The first-order valence-corrected chi connectivity index (χ1v) is 6.99. The van der Waals surface area contributed by atoms with Crippen molar-refractivity contribution < 1.29 is 14.3 Å². The number of nitrogens with zero attached hydrogens (tertiary/aromatic N) is 3. The second kappa shape index (κ2) is 5.95. The van der Waals surface area contributed by atoms with Crippen molar-refractivity contribution in [2.75, 3.05) is 7.11 Å². The number of hydrogen-bond acceptors (Lipinski definition) is 5. The van der Waals surface area contributed by atoms with Gasteiger partial charge >= 0.3 is 0 Å². The standard InChI is InChI=1S/C15H17N3O3/c1-20-12-6-5-11(9-19)8-13(12)21-10-15-17-16-14-4-2-3-7-18(14)15/h5-6,8-9H,2-4,7,10H2,1H3. The molecule has 0 saturated heterocycles. The van der Waals surface area contributed by atoms with E-state index in [4.69, 9.17) is 9.47 Å². The van der Waals surface area contributed by atoms with Crippen LogP contribution in [-0.4, -0.2) is 28.2 Å². The fourth-order valence-electron chi connectivity index (χ4n) is 2.50. The number of fused-ring (bicyclic) bond motifs is 1. The molecule has 3 rings (SSSR count). The van der Waals surface area contributed by atoms with Crippen LogP contribution >= 0.6 is 0 Å². The topological polar surface area (TPSA) is 66.2 Å². The number of carbonyl (C=O) groups is 1.